The van der Waals surface area contributed by atoms with Crippen molar-refractivity contribution in [1.82, 2.24) is 9.55 Å². The first kappa shape index (κ1) is 18.2. The molecule has 0 radical (unpaired) electrons. The summed E-state index contributed by atoms with van der Waals surface area (Å²) in [5.74, 6) is -0.328. The van der Waals surface area contributed by atoms with Crippen molar-refractivity contribution < 1.29 is 18.9 Å². The number of fused-ring (bicyclic) bond motifs is 3. The molecule has 146 valence electrons. The van der Waals surface area contributed by atoms with Gasteiger partial charge in [0.15, 0.2) is 0 Å². The van der Waals surface area contributed by atoms with Crippen molar-refractivity contribution in [2.24, 2.45) is 0 Å². The zero-order chi connectivity index (χ0) is 20.5. The van der Waals surface area contributed by atoms with Crippen LogP contribution in [0.1, 0.15) is 0 Å². The van der Waals surface area contributed by atoms with Crippen molar-refractivity contribution in [3.05, 3.63) is 69.3 Å². The summed E-state index contributed by atoms with van der Waals surface area (Å²) in [4.78, 5) is 39.7. The van der Waals surface area contributed by atoms with Crippen molar-refractivity contribution in [2.45, 2.75) is 6.54 Å². The van der Waals surface area contributed by atoms with Crippen LogP contribution in [0.5, 0.6) is 5.75 Å². The van der Waals surface area contributed by atoms with Gasteiger partial charge in [0, 0.05) is 17.5 Å². The summed E-state index contributed by atoms with van der Waals surface area (Å²) in [5.41, 5.74) is 0.404. The van der Waals surface area contributed by atoms with Crippen LogP contribution in [0.4, 0.5) is 11.4 Å². The third-order valence-electron chi connectivity index (χ3n) is 4.33. The molecule has 1 amide bonds. The van der Waals surface area contributed by atoms with Crippen molar-refractivity contribution in [3.63, 3.8) is 0 Å². The number of benzene rings is 2. The maximum Gasteiger partial charge on any atom is 0.297 e. The number of nitrogens with one attached hydrogen (secondary N) is 1. The van der Waals surface area contributed by atoms with Gasteiger partial charge in [0.2, 0.25) is 11.5 Å². The second-order valence-electron chi connectivity index (χ2n) is 6.14. The molecule has 0 unspecified atom stereocenters. The Labute approximate surface area is 162 Å². The van der Waals surface area contributed by atoms with Gasteiger partial charge in [0.1, 0.15) is 23.4 Å². The molecule has 2 aromatic carbocycles. The second kappa shape index (κ2) is 7.08. The molecule has 0 atom stereocenters. The highest BCUT2D eigenvalue weighted by Crippen LogP contribution is 2.29. The zero-order valence-electron chi connectivity index (χ0n) is 15.1. The van der Waals surface area contributed by atoms with E-state index in [4.69, 9.17) is 9.15 Å². The quantitative estimate of drug-likeness (QED) is 0.407. The molecule has 2 heterocycles. The number of methoxy groups -OCH3 is 1. The van der Waals surface area contributed by atoms with Crippen LogP contribution < -0.4 is 15.6 Å². The number of amides is 1. The molecule has 0 saturated heterocycles. The Morgan fingerprint density at radius 2 is 2.10 bits per heavy atom. The zero-order valence-corrected chi connectivity index (χ0v) is 15.1. The number of anilines is 1. The average Bonchev–Trinajstić information content (AvgIpc) is 3.09. The molecule has 0 bridgehead atoms. The third-order valence-corrected chi connectivity index (χ3v) is 4.33. The number of aromatic nitrogens is 2. The molecule has 10 nitrogen and oxygen atoms in total. The third kappa shape index (κ3) is 3.27. The molecule has 29 heavy (non-hydrogen) atoms. The minimum absolute atomic E-state index is 0.0504. The number of para-hydroxylation sites is 1. The maximum absolute atomic E-state index is 12.7. The van der Waals surface area contributed by atoms with Crippen molar-refractivity contribution in [3.8, 4) is 5.75 Å². The fraction of sp³-hybridized carbons (Fsp3) is 0.105. The van der Waals surface area contributed by atoms with Crippen molar-refractivity contribution >= 4 is 39.4 Å². The molecule has 4 rings (SSSR count). The Morgan fingerprint density at radius 3 is 2.86 bits per heavy atom. The number of nitro benzene ring substituents is 1. The predicted molar refractivity (Wildman–Crippen MR) is 104 cm³/mol. The smallest absolute Gasteiger partial charge is 0.297 e. The van der Waals surface area contributed by atoms with E-state index in [9.17, 15) is 19.7 Å². The number of non-ortho nitro benzene ring substituents is 1. The van der Waals surface area contributed by atoms with Gasteiger partial charge in [-0.3, -0.25) is 24.3 Å². The van der Waals surface area contributed by atoms with Crippen LogP contribution in [0.25, 0.3) is 22.1 Å². The van der Waals surface area contributed by atoms with Gasteiger partial charge >= 0.3 is 0 Å². The lowest BCUT2D eigenvalue weighted by atomic mass is 10.2. The summed E-state index contributed by atoms with van der Waals surface area (Å²) in [6.07, 6.45) is 1.26. The Morgan fingerprint density at radius 1 is 1.31 bits per heavy atom. The van der Waals surface area contributed by atoms with Crippen LogP contribution in [0.15, 0.2) is 58.0 Å². The van der Waals surface area contributed by atoms with Gasteiger partial charge in [-0.15, -0.1) is 0 Å². The van der Waals surface area contributed by atoms with Gasteiger partial charge in [-0.05, 0) is 18.2 Å². The van der Waals surface area contributed by atoms with Crippen LogP contribution in [-0.4, -0.2) is 27.5 Å². The minimum Gasteiger partial charge on any atom is -0.495 e. The summed E-state index contributed by atoms with van der Waals surface area (Å²) in [6, 6.07) is 10.9. The summed E-state index contributed by atoms with van der Waals surface area (Å²) < 4.78 is 11.8. The van der Waals surface area contributed by atoms with Crippen molar-refractivity contribution in [1.29, 1.82) is 0 Å². The highest BCUT2D eigenvalue weighted by molar-refractivity contribution is 6.01. The van der Waals surface area contributed by atoms with Gasteiger partial charge in [0.25, 0.3) is 11.2 Å². The molecule has 0 fully saturated rings. The van der Waals surface area contributed by atoms with E-state index in [1.54, 1.807) is 18.2 Å². The lowest BCUT2D eigenvalue weighted by molar-refractivity contribution is -0.384. The summed E-state index contributed by atoms with van der Waals surface area (Å²) in [7, 11) is 1.38. The van der Waals surface area contributed by atoms with Crippen LogP contribution >= 0.6 is 0 Å². The largest absolute Gasteiger partial charge is 0.495 e. The first-order chi connectivity index (χ1) is 14.0. The standard InChI is InChI=1S/C19H14N4O6/c1-28-15-7-6-11(23(26)27)8-13(15)21-16(24)9-22-10-20-17-12-4-2-3-5-14(12)29-18(17)19(22)25/h2-8,10H,9H2,1H3,(H,21,24). The molecule has 0 aliphatic carbocycles. The summed E-state index contributed by atoms with van der Waals surface area (Å²) >= 11 is 0. The highest BCUT2D eigenvalue weighted by Gasteiger charge is 2.17. The van der Waals surface area contributed by atoms with E-state index in [0.717, 1.165) is 4.57 Å². The molecule has 1 N–H and O–H groups in total. The Balaban J connectivity index is 1.64. The number of hydrogen-bond acceptors (Lipinski definition) is 7. The van der Waals surface area contributed by atoms with Crippen molar-refractivity contribution in [2.75, 3.05) is 12.4 Å². The molecular weight excluding hydrogens is 380 g/mol. The number of furan rings is 1. The number of carbonyl (C=O) groups is 1. The number of nitrogens with zero attached hydrogens (tertiary/aromatic N) is 3. The van der Waals surface area contributed by atoms with Crippen LogP contribution in [-0.2, 0) is 11.3 Å². The van der Waals surface area contributed by atoms with E-state index < -0.39 is 16.4 Å². The number of rotatable bonds is 5. The number of nitro groups is 1. The second-order valence-corrected chi connectivity index (χ2v) is 6.14. The fourth-order valence-corrected chi connectivity index (χ4v) is 2.98. The minimum atomic E-state index is -0.584. The van der Waals surface area contributed by atoms with Gasteiger partial charge in [0.05, 0.1) is 24.0 Å². The Hall–Kier alpha value is -4.21. The molecule has 0 aliphatic heterocycles. The number of hydrogen-bond donors (Lipinski definition) is 1. The van der Waals surface area contributed by atoms with E-state index in [1.165, 1.54) is 31.6 Å². The van der Waals surface area contributed by atoms with E-state index in [1.807, 2.05) is 6.07 Å². The fourth-order valence-electron chi connectivity index (χ4n) is 2.98. The Kier molecular flexibility index (Phi) is 4.43. The van der Waals surface area contributed by atoms with Gasteiger partial charge < -0.3 is 14.5 Å². The lowest BCUT2D eigenvalue weighted by Gasteiger charge is -2.10. The number of carbonyl (C=O) groups excluding carboxylic acids is 1. The van der Waals surface area contributed by atoms with Gasteiger partial charge in [-0.2, -0.15) is 0 Å². The monoisotopic (exact) mass is 394 g/mol. The molecule has 0 aliphatic rings. The highest BCUT2D eigenvalue weighted by atomic mass is 16.6. The lowest BCUT2D eigenvalue weighted by Crippen LogP contribution is -2.27. The average molecular weight is 394 g/mol. The predicted octanol–water partition coefficient (Wildman–Crippen LogP) is 2.70. The molecular formula is C19H14N4O6. The molecule has 0 saturated carbocycles. The summed E-state index contributed by atoms with van der Waals surface area (Å²) in [6.45, 7) is -0.356. The van der Waals surface area contributed by atoms with Crippen LogP contribution in [0.3, 0.4) is 0 Å². The molecule has 4 aromatic rings. The van der Waals surface area contributed by atoms with E-state index in [-0.39, 0.29) is 29.3 Å². The maximum atomic E-state index is 12.7. The Bertz CT molecular complexity index is 1320. The molecule has 2 aromatic heterocycles. The summed E-state index contributed by atoms with van der Waals surface area (Å²) in [5, 5.41) is 14.2. The van der Waals surface area contributed by atoms with E-state index >= 15 is 0 Å². The van der Waals surface area contributed by atoms with E-state index in [2.05, 4.69) is 10.3 Å². The topological polar surface area (TPSA) is 130 Å². The van der Waals surface area contributed by atoms with Crippen LogP contribution in [0, 0.1) is 10.1 Å². The van der Waals surface area contributed by atoms with Crippen LogP contribution in [0.2, 0.25) is 0 Å². The van der Waals surface area contributed by atoms with Gasteiger partial charge in [-0.1, -0.05) is 12.1 Å². The first-order valence-corrected chi connectivity index (χ1v) is 8.47. The van der Waals surface area contributed by atoms with E-state index in [0.29, 0.717) is 16.5 Å². The SMILES string of the molecule is COc1ccc([N+](=O)[O-])cc1NC(=O)Cn1cnc2c(oc3ccccc32)c1=O. The normalized spacial score (nSPS) is 10.9. The number of ether oxygens (including phenoxy) is 1. The molecule has 10 heteroatoms. The molecule has 0 spiro atoms. The van der Waals surface area contributed by atoms with Gasteiger partial charge in [-0.25, -0.2) is 4.98 Å². The first-order valence-electron chi connectivity index (χ1n) is 8.47.